The van der Waals surface area contributed by atoms with Gasteiger partial charge in [0.15, 0.2) is 0 Å². The molecule has 1 aromatic rings. The van der Waals surface area contributed by atoms with Gasteiger partial charge in [-0.25, -0.2) is 4.79 Å². The molecule has 2 rings (SSSR count). The van der Waals surface area contributed by atoms with Crippen molar-refractivity contribution in [3.05, 3.63) is 44.3 Å². The molecule has 1 N–H and O–H groups in total. The number of hydrogen-bond donors (Lipinski definition) is 1. The predicted octanol–water partition coefficient (Wildman–Crippen LogP) is 3.57. The number of aryl methyl sites for hydroxylation is 1. The van der Waals surface area contributed by atoms with Gasteiger partial charge in [0.25, 0.3) is 0 Å². The number of halogens is 3. The summed E-state index contributed by atoms with van der Waals surface area (Å²) in [6, 6.07) is 2.02. The van der Waals surface area contributed by atoms with Crippen LogP contribution in [0.4, 0.5) is 4.79 Å². The summed E-state index contributed by atoms with van der Waals surface area (Å²) in [5.41, 5.74) is 0.972. The van der Waals surface area contributed by atoms with Crippen molar-refractivity contribution in [3.8, 4) is 6.07 Å². The first-order valence-electron chi connectivity index (χ1n) is 6.23. The van der Waals surface area contributed by atoms with Gasteiger partial charge >= 0.3 is 11.0 Å². The number of amides is 1. The third-order valence-corrected chi connectivity index (χ3v) is 4.29. The monoisotopic (exact) mass is 393 g/mol. The molecule has 23 heavy (non-hydrogen) atoms. The molecule has 0 fully saturated rings. The van der Waals surface area contributed by atoms with Crippen LogP contribution in [-0.2, 0) is 4.74 Å². The average molecular weight is 395 g/mol. The largest absolute Gasteiger partial charge is 0.444 e. The zero-order chi connectivity index (χ0) is 17.2. The van der Waals surface area contributed by atoms with E-state index in [1.807, 2.05) is 6.07 Å². The molecule has 1 aromatic heterocycles. The van der Waals surface area contributed by atoms with Crippen molar-refractivity contribution in [2.45, 2.75) is 16.6 Å². The van der Waals surface area contributed by atoms with Crippen molar-refractivity contribution in [2.75, 3.05) is 6.61 Å². The molecule has 0 bridgehead atoms. The molecular weight excluding hydrogens is 385 g/mol. The molecular formula is C13H10Cl3N3O3S. The normalized spacial score (nSPS) is 17.6. The van der Waals surface area contributed by atoms with E-state index < -0.39 is 22.4 Å². The second kappa shape index (κ2) is 6.97. The van der Waals surface area contributed by atoms with Gasteiger partial charge in [0.2, 0.25) is 3.79 Å². The first-order valence-corrected chi connectivity index (χ1v) is 8.18. The van der Waals surface area contributed by atoms with Gasteiger partial charge in [-0.2, -0.15) is 5.26 Å². The van der Waals surface area contributed by atoms with Crippen molar-refractivity contribution < 1.29 is 9.53 Å². The number of alkyl halides is 3. The number of H-pyrrole nitrogens is 1. The zero-order valence-electron chi connectivity index (χ0n) is 11.7. The Morgan fingerprint density at radius 3 is 2.78 bits per heavy atom. The van der Waals surface area contributed by atoms with Crippen LogP contribution in [0.1, 0.15) is 16.5 Å². The molecule has 0 radical (unpaired) electrons. The molecule has 0 aliphatic carbocycles. The lowest BCUT2D eigenvalue weighted by atomic mass is 9.96. The van der Waals surface area contributed by atoms with Gasteiger partial charge in [0.05, 0.1) is 17.6 Å². The molecule has 1 amide bonds. The molecule has 0 saturated heterocycles. The third-order valence-electron chi connectivity index (χ3n) is 2.90. The van der Waals surface area contributed by atoms with Crippen LogP contribution in [0.25, 0.3) is 0 Å². The van der Waals surface area contributed by atoms with Crippen molar-refractivity contribution >= 4 is 52.2 Å². The molecule has 0 saturated carbocycles. The minimum absolute atomic E-state index is 0.201. The highest BCUT2D eigenvalue weighted by Crippen LogP contribution is 2.33. The number of nitriles is 1. The highest BCUT2D eigenvalue weighted by Gasteiger charge is 2.27. The zero-order valence-corrected chi connectivity index (χ0v) is 14.8. The van der Waals surface area contributed by atoms with E-state index in [9.17, 15) is 14.9 Å². The van der Waals surface area contributed by atoms with E-state index in [0.717, 1.165) is 16.2 Å². The van der Waals surface area contributed by atoms with Crippen LogP contribution in [0.2, 0.25) is 0 Å². The van der Waals surface area contributed by atoms with Crippen molar-refractivity contribution in [2.24, 2.45) is 0 Å². The topological polar surface area (TPSA) is 86.2 Å². The van der Waals surface area contributed by atoms with Crippen molar-refractivity contribution in [1.29, 1.82) is 5.26 Å². The number of aromatic amines is 1. The van der Waals surface area contributed by atoms with E-state index >= 15 is 0 Å². The average Bonchev–Trinajstić information content (AvgIpc) is 2.81. The Bertz CT molecular complexity index is 770. The summed E-state index contributed by atoms with van der Waals surface area (Å²) < 4.78 is 3.13. The molecule has 2 heterocycles. The highest BCUT2D eigenvalue weighted by atomic mass is 35.6. The van der Waals surface area contributed by atoms with Gasteiger partial charge in [-0.15, -0.1) is 0 Å². The number of aromatic nitrogens is 1. The second-order valence-corrected chi connectivity index (χ2v) is 8.13. The number of nitrogens with zero attached hydrogens (tertiary/aromatic N) is 2. The van der Waals surface area contributed by atoms with Gasteiger partial charge < -0.3 is 9.72 Å². The summed E-state index contributed by atoms with van der Waals surface area (Å²) in [4.78, 5) is 27.6. The van der Waals surface area contributed by atoms with Crippen LogP contribution >= 0.6 is 46.1 Å². The number of ether oxygens (including phenoxy) is 1. The second-order valence-electron chi connectivity index (χ2n) is 4.60. The standard InChI is InChI=1S/C13H10Cl3N3O3S/c1-7-10(23-11(20)18-7)9-2-3-19(5-8(9)4-17)12(21)22-6-13(14,15)16/h2-3,5,9H,6H2,1H3,(H,18,20). The van der Waals surface area contributed by atoms with E-state index in [1.54, 1.807) is 13.0 Å². The fourth-order valence-corrected chi connectivity index (χ4v) is 3.03. The molecule has 1 aliphatic heterocycles. The molecule has 6 nitrogen and oxygen atoms in total. The Balaban J connectivity index is 2.18. The van der Waals surface area contributed by atoms with E-state index in [-0.39, 0.29) is 10.4 Å². The van der Waals surface area contributed by atoms with Crippen LogP contribution in [0.15, 0.2) is 28.8 Å². The Labute approximate surface area is 150 Å². The van der Waals surface area contributed by atoms with Gasteiger partial charge in [-0.3, -0.25) is 9.69 Å². The molecule has 1 aliphatic rings. The minimum atomic E-state index is -1.71. The van der Waals surface area contributed by atoms with E-state index in [2.05, 4.69) is 4.98 Å². The fourth-order valence-electron chi connectivity index (χ4n) is 1.93. The Kier molecular flexibility index (Phi) is 5.42. The smallest absolute Gasteiger partial charge is 0.418 e. The highest BCUT2D eigenvalue weighted by molar-refractivity contribution is 7.09. The third kappa shape index (κ3) is 4.52. The summed E-state index contributed by atoms with van der Waals surface area (Å²) in [7, 11) is 0. The van der Waals surface area contributed by atoms with Crippen molar-refractivity contribution in [1.82, 2.24) is 9.88 Å². The number of carbonyl (C=O) groups is 1. The molecule has 1 unspecified atom stereocenters. The Hall–Kier alpha value is -1.46. The summed E-state index contributed by atoms with van der Waals surface area (Å²) in [5.74, 6) is -0.402. The van der Waals surface area contributed by atoms with Gasteiger partial charge in [0, 0.05) is 23.0 Å². The molecule has 0 spiro atoms. The summed E-state index contributed by atoms with van der Waals surface area (Å²) in [6.45, 7) is 1.33. The van der Waals surface area contributed by atoms with Crippen molar-refractivity contribution in [3.63, 3.8) is 0 Å². The molecule has 10 heteroatoms. The van der Waals surface area contributed by atoms with Gasteiger partial charge in [0.1, 0.15) is 6.61 Å². The van der Waals surface area contributed by atoms with Gasteiger partial charge in [-0.1, -0.05) is 52.2 Å². The predicted molar refractivity (Wildman–Crippen MR) is 88.7 cm³/mol. The number of carbonyl (C=O) groups excluding carboxylic acids is 1. The SMILES string of the molecule is Cc1[nH]c(=O)sc1C1C=CN(C(=O)OCC(Cl)(Cl)Cl)C=C1C#N. The number of rotatable bonds is 2. The number of hydrogen-bond acceptors (Lipinski definition) is 5. The lowest BCUT2D eigenvalue weighted by Gasteiger charge is -2.22. The molecule has 1 atom stereocenters. The fraction of sp³-hybridized carbons (Fsp3) is 0.308. The van der Waals surface area contributed by atoms with Crippen LogP contribution < -0.4 is 4.87 Å². The van der Waals surface area contributed by atoms with E-state index in [0.29, 0.717) is 10.6 Å². The van der Waals surface area contributed by atoms with Crippen LogP contribution in [0, 0.1) is 18.3 Å². The van der Waals surface area contributed by atoms with E-state index in [4.69, 9.17) is 39.5 Å². The van der Waals surface area contributed by atoms with Crippen LogP contribution in [-0.4, -0.2) is 26.4 Å². The Morgan fingerprint density at radius 2 is 2.26 bits per heavy atom. The maximum Gasteiger partial charge on any atom is 0.418 e. The maximum absolute atomic E-state index is 11.9. The Morgan fingerprint density at radius 1 is 1.57 bits per heavy atom. The lowest BCUT2D eigenvalue weighted by molar-refractivity contribution is 0.129. The summed E-state index contributed by atoms with van der Waals surface area (Å²) >= 11 is 17.6. The molecule has 122 valence electrons. The number of allylic oxidation sites excluding steroid dienone is 2. The lowest BCUT2D eigenvalue weighted by Crippen LogP contribution is -2.28. The summed E-state index contributed by atoms with van der Waals surface area (Å²) in [5, 5.41) is 9.30. The minimum Gasteiger partial charge on any atom is -0.444 e. The van der Waals surface area contributed by atoms with Gasteiger partial charge in [-0.05, 0) is 6.92 Å². The quantitative estimate of drug-likeness (QED) is 0.777. The van der Waals surface area contributed by atoms with Crippen LogP contribution in [0.5, 0.6) is 0 Å². The van der Waals surface area contributed by atoms with E-state index in [1.165, 1.54) is 12.4 Å². The molecule has 0 aromatic carbocycles. The summed E-state index contributed by atoms with van der Waals surface area (Å²) in [6.07, 6.45) is 3.62. The number of nitrogens with one attached hydrogen (secondary N) is 1. The first-order chi connectivity index (χ1) is 10.7. The number of thiazole rings is 1. The maximum atomic E-state index is 11.9. The first kappa shape index (κ1) is 17.9. The van der Waals surface area contributed by atoms with Crippen LogP contribution in [0.3, 0.4) is 0 Å².